The Morgan fingerprint density at radius 1 is 1.58 bits per heavy atom. The van der Waals surface area contributed by atoms with Crippen molar-refractivity contribution in [3.05, 3.63) is 23.8 Å². The summed E-state index contributed by atoms with van der Waals surface area (Å²) in [5.41, 5.74) is 0.484. The zero-order chi connectivity index (χ0) is 9.40. The van der Waals surface area contributed by atoms with Crippen LogP contribution in [0.15, 0.2) is 23.8 Å². The summed E-state index contributed by atoms with van der Waals surface area (Å²) in [4.78, 5) is 14.5. The highest BCUT2D eigenvalue weighted by atomic mass is 17.1. The second-order valence-corrected chi connectivity index (χ2v) is 2.35. The van der Waals surface area contributed by atoms with Gasteiger partial charge in [-0.2, -0.15) is 5.26 Å². The van der Waals surface area contributed by atoms with Gasteiger partial charge in [0.2, 0.25) is 0 Å². The Morgan fingerprint density at radius 2 is 2.25 bits per heavy atom. The van der Waals surface area contributed by atoms with Gasteiger partial charge in [-0.3, -0.25) is 4.89 Å². The minimum Gasteiger partial charge on any atom is -0.296 e. The van der Waals surface area contributed by atoms with E-state index < -0.39 is 5.97 Å². The van der Waals surface area contributed by atoms with E-state index in [-0.39, 0.29) is 0 Å². The monoisotopic (exact) mass is 170 g/mol. The third kappa shape index (κ3) is 3.93. The molecule has 1 N–H and O–H groups in total. The molecule has 0 saturated carbocycles. The van der Waals surface area contributed by atoms with Crippen LogP contribution in [0.2, 0.25) is 0 Å². The Morgan fingerprint density at radius 3 is 2.67 bits per heavy atom. The normalized spacial score (nSPS) is 12.1. The lowest BCUT2D eigenvalue weighted by Gasteiger charge is -1.99. The molecule has 0 radical (unpaired) electrons. The van der Waals surface area contributed by atoms with Crippen LogP contribution in [-0.2, 0) is 9.68 Å². The quantitative estimate of drug-likeness (QED) is 0.305. The molecule has 0 saturated heterocycles. The van der Waals surface area contributed by atoms with E-state index in [2.05, 4.69) is 4.89 Å². The average molecular weight is 170 g/mol. The summed E-state index contributed by atoms with van der Waals surface area (Å²) in [6.07, 6.45) is 6.65. The largest absolute Gasteiger partial charge is 0.368 e. The van der Waals surface area contributed by atoms with E-state index in [1.54, 1.807) is 18.2 Å². The van der Waals surface area contributed by atoms with Gasteiger partial charge in [0.05, 0.1) is 0 Å². The van der Waals surface area contributed by atoms with Crippen molar-refractivity contribution >= 4 is 5.97 Å². The van der Waals surface area contributed by atoms with Crippen LogP contribution in [0.4, 0.5) is 0 Å². The van der Waals surface area contributed by atoms with Crippen molar-refractivity contribution in [1.29, 1.82) is 0 Å². The molecule has 3 heteroatoms. The lowest BCUT2D eigenvalue weighted by molar-refractivity contribution is -0.229. The molecule has 0 aromatic carbocycles. The van der Waals surface area contributed by atoms with Gasteiger partial charge < -0.3 is 0 Å². The Balaban J connectivity index is 4.31. The van der Waals surface area contributed by atoms with Crippen molar-refractivity contribution in [1.82, 2.24) is 0 Å². The van der Waals surface area contributed by atoms with Gasteiger partial charge in [0.25, 0.3) is 0 Å². The molecule has 0 aromatic rings. The molecule has 0 aliphatic rings. The molecule has 0 spiro atoms. The molecule has 0 fully saturated rings. The van der Waals surface area contributed by atoms with Gasteiger partial charge in [-0.25, -0.2) is 4.79 Å². The number of allylic oxidation sites excluding steroid dienone is 3. The second kappa shape index (κ2) is 6.61. The van der Waals surface area contributed by atoms with Gasteiger partial charge >= 0.3 is 5.97 Å². The third-order valence-corrected chi connectivity index (χ3v) is 1.35. The molecule has 0 aromatic heterocycles. The summed E-state index contributed by atoms with van der Waals surface area (Å²) < 4.78 is 0. The van der Waals surface area contributed by atoms with Crippen LogP contribution < -0.4 is 0 Å². The van der Waals surface area contributed by atoms with Gasteiger partial charge in [-0.15, -0.1) is 0 Å². The highest BCUT2D eigenvalue weighted by molar-refractivity contribution is 5.88. The van der Waals surface area contributed by atoms with Crippen LogP contribution in [0.5, 0.6) is 0 Å². The van der Waals surface area contributed by atoms with E-state index in [1.165, 1.54) is 0 Å². The van der Waals surface area contributed by atoms with Crippen LogP contribution in [-0.4, -0.2) is 11.2 Å². The molecular formula is C9H14O3. The van der Waals surface area contributed by atoms with E-state index >= 15 is 0 Å². The number of hydrogen-bond donors (Lipinski definition) is 1. The van der Waals surface area contributed by atoms with E-state index in [9.17, 15) is 4.79 Å². The van der Waals surface area contributed by atoms with Crippen LogP contribution in [0.25, 0.3) is 0 Å². The molecule has 0 rings (SSSR count). The molecular weight excluding hydrogens is 156 g/mol. The average Bonchev–Trinajstić information content (AvgIpc) is 2.11. The molecule has 68 valence electrons. The Labute approximate surface area is 72.3 Å². The maximum Gasteiger partial charge on any atom is 0.368 e. The predicted octanol–water partition coefficient (Wildman–Crippen LogP) is 2.31. The first kappa shape index (κ1) is 10.9. The summed E-state index contributed by atoms with van der Waals surface area (Å²) in [6, 6.07) is 0. The maximum atomic E-state index is 10.8. The summed E-state index contributed by atoms with van der Waals surface area (Å²) >= 11 is 0. The molecule has 0 unspecified atom stereocenters. The van der Waals surface area contributed by atoms with Gasteiger partial charge in [0.1, 0.15) is 0 Å². The first-order valence-electron chi connectivity index (χ1n) is 3.93. The molecule has 0 atom stereocenters. The topological polar surface area (TPSA) is 46.5 Å². The number of hydrogen-bond acceptors (Lipinski definition) is 3. The lowest BCUT2D eigenvalue weighted by Crippen LogP contribution is -2.04. The summed E-state index contributed by atoms with van der Waals surface area (Å²) in [5.74, 6) is -0.671. The Kier molecular flexibility index (Phi) is 6.01. The smallest absolute Gasteiger partial charge is 0.296 e. The highest BCUT2D eigenvalue weighted by Crippen LogP contribution is 2.06. The van der Waals surface area contributed by atoms with E-state index in [4.69, 9.17) is 5.26 Å². The van der Waals surface area contributed by atoms with Crippen molar-refractivity contribution < 1.29 is 14.9 Å². The Bertz CT molecular complexity index is 192. The number of carbonyl (C=O) groups is 1. The highest BCUT2D eigenvalue weighted by Gasteiger charge is 2.07. The van der Waals surface area contributed by atoms with Crippen LogP contribution in [0.3, 0.4) is 0 Å². The summed E-state index contributed by atoms with van der Waals surface area (Å²) in [6.45, 7) is 3.80. The SMILES string of the molecule is CC=CC=C(CCC)C(=O)OO. The van der Waals surface area contributed by atoms with Crippen molar-refractivity contribution in [2.45, 2.75) is 26.7 Å². The number of carbonyl (C=O) groups excluding carboxylic acids is 1. The summed E-state index contributed by atoms with van der Waals surface area (Å²) in [7, 11) is 0. The van der Waals surface area contributed by atoms with E-state index in [1.807, 2.05) is 13.8 Å². The molecule has 0 bridgehead atoms. The third-order valence-electron chi connectivity index (χ3n) is 1.35. The minimum absolute atomic E-state index is 0.484. The standard InChI is InChI=1S/C9H14O3/c1-3-5-7-8(6-4-2)9(10)12-11/h3,5,7,11H,4,6H2,1-2H3. The van der Waals surface area contributed by atoms with Crippen LogP contribution in [0.1, 0.15) is 26.7 Å². The fraction of sp³-hybridized carbons (Fsp3) is 0.444. The van der Waals surface area contributed by atoms with Crippen LogP contribution in [0, 0.1) is 0 Å². The first-order valence-corrected chi connectivity index (χ1v) is 3.93. The zero-order valence-electron chi connectivity index (χ0n) is 7.41. The lowest BCUT2D eigenvalue weighted by atomic mass is 10.1. The first-order chi connectivity index (χ1) is 5.76. The zero-order valence-corrected chi connectivity index (χ0v) is 7.41. The molecule has 0 aliphatic heterocycles. The minimum atomic E-state index is -0.671. The van der Waals surface area contributed by atoms with Gasteiger partial charge in [0, 0.05) is 5.57 Å². The second-order valence-electron chi connectivity index (χ2n) is 2.35. The summed E-state index contributed by atoms with van der Waals surface area (Å²) in [5, 5.41) is 8.12. The fourth-order valence-corrected chi connectivity index (χ4v) is 0.794. The predicted molar refractivity (Wildman–Crippen MR) is 46.5 cm³/mol. The molecule has 12 heavy (non-hydrogen) atoms. The van der Waals surface area contributed by atoms with Crippen molar-refractivity contribution in [3.8, 4) is 0 Å². The van der Waals surface area contributed by atoms with Gasteiger partial charge in [-0.05, 0) is 13.3 Å². The molecule has 0 amide bonds. The van der Waals surface area contributed by atoms with Gasteiger partial charge in [0.15, 0.2) is 0 Å². The van der Waals surface area contributed by atoms with Gasteiger partial charge in [-0.1, -0.05) is 31.6 Å². The van der Waals surface area contributed by atoms with Crippen molar-refractivity contribution in [2.75, 3.05) is 0 Å². The molecule has 0 heterocycles. The molecule has 0 aliphatic carbocycles. The fourth-order valence-electron chi connectivity index (χ4n) is 0.794. The van der Waals surface area contributed by atoms with E-state index in [0.717, 1.165) is 6.42 Å². The van der Waals surface area contributed by atoms with Crippen LogP contribution >= 0.6 is 0 Å². The number of rotatable bonds is 4. The Hall–Kier alpha value is -1.09. The molecule has 3 nitrogen and oxygen atoms in total. The van der Waals surface area contributed by atoms with Crippen molar-refractivity contribution in [2.24, 2.45) is 0 Å². The maximum absolute atomic E-state index is 10.8. The van der Waals surface area contributed by atoms with E-state index in [0.29, 0.717) is 12.0 Å². The van der Waals surface area contributed by atoms with Crippen molar-refractivity contribution in [3.63, 3.8) is 0 Å².